The van der Waals surface area contributed by atoms with Crippen LogP contribution in [0.1, 0.15) is 65.3 Å². The number of nitrogens with zero attached hydrogens (tertiary/aromatic N) is 3. The molecule has 2 aliphatic rings. The van der Waals surface area contributed by atoms with Crippen molar-refractivity contribution in [2.75, 3.05) is 39.3 Å². The fraction of sp³-hybridized carbons (Fsp3) is 0.438. The first-order valence-electron chi connectivity index (χ1n) is 14.0. The zero-order valence-electron chi connectivity index (χ0n) is 22.6. The van der Waals surface area contributed by atoms with Gasteiger partial charge in [0.05, 0.1) is 12.0 Å². The lowest BCUT2D eigenvalue weighted by Gasteiger charge is -2.37. The molecule has 0 aliphatic carbocycles. The van der Waals surface area contributed by atoms with Crippen molar-refractivity contribution in [1.82, 2.24) is 14.7 Å². The van der Waals surface area contributed by atoms with Crippen LogP contribution in [0.4, 0.5) is 0 Å². The van der Waals surface area contributed by atoms with Crippen LogP contribution >= 0.6 is 11.3 Å². The van der Waals surface area contributed by atoms with Gasteiger partial charge in [-0.05, 0) is 59.9 Å². The standard InChI is InChI=1S/C32H39N3O2S/c1-3-26(25-11-5-4-6-12-25)32(37)35-18-9-17-33(21-22-35)30(36)15-20-34-19-14-29-28(16-23-38-29)31(34)27-13-8-7-10-24(27)2/h4-8,10-13,16,23,26,31H,3,9,14-15,17-22H2,1-2H3/t26-,31+/m0/s1. The van der Waals surface area contributed by atoms with Crippen LogP contribution in [0.25, 0.3) is 0 Å². The van der Waals surface area contributed by atoms with Crippen molar-refractivity contribution in [2.24, 2.45) is 0 Å². The molecule has 0 unspecified atom stereocenters. The minimum absolute atomic E-state index is 0.113. The lowest BCUT2D eigenvalue weighted by molar-refractivity contribution is -0.134. The zero-order valence-corrected chi connectivity index (χ0v) is 23.5. The first-order valence-corrected chi connectivity index (χ1v) is 14.9. The topological polar surface area (TPSA) is 43.9 Å². The normalized spacial score (nSPS) is 19.1. The van der Waals surface area contributed by atoms with Crippen molar-refractivity contribution < 1.29 is 9.59 Å². The number of carbonyl (C=O) groups is 2. The van der Waals surface area contributed by atoms with E-state index >= 15 is 0 Å². The Labute approximate surface area is 231 Å². The van der Waals surface area contributed by atoms with Crippen molar-refractivity contribution in [2.45, 2.75) is 51.5 Å². The fourth-order valence-corrected chi connectivity index (χ4v) is 7.01. The minimum atomic E-state index is -0.113. The van der Waals surface area contributed by atoms with Crippen molar-refractivity contribution in [3.8, 4) is 0 Å². The molecule has 2 aromatic carbocycles. The third-order valence-corrected chi connectivity index (χ3v) is 9.23. The van der Waals surface area contributed by atoms with Gasteiger partial charge in [0, 0.05) is 50.6 Å². The Balaban J connectivity index is 1.21. The maximum Gasteiger partial charge on any atom is 0.230 e. The molecule has 1 aromatic heterocycles. The molecule has 0 N–H and O–H groups in total. The Hall–Kier alpha value is -2.96. The van der Waals surface area contributed by atoms with E-state index in [-0.39, 0.29) is 23.8 Å². The zero-order chi connectivity index (χ0) is 26.5. The lowest BCUT2D eigenvalue weighted by Crippen LogP contribution is -2.41. The molecule has 1 fully saturated rings. The lowest BCUT2D eigenvalue weighted by atomic mass is 9.90. The summed E-state index contributed by atoms with van der Waals surface area (Å²) in [5.41, 5.74) is 5.12. The summed E-state index contributed by atoms with van der Waals surface area (Å²) < 4.78 is 0. The van der Waals surface area contributed by atoms with E-state index in [4.69, 9.17) is 0 Å². The predicted molar refractivity (Wildman–Crippen MR) is 154 cm³/mol. The molecule has 200 valence electrons. The van der Waals surface area contributed by atoms with Gasteiger partial charge in [-0.2, -0.15) is 0 Å². The smallest absolute Gasteiger partial charge is 0.230 e. The molecule has 0 bridgehead atoms. The Morgan fingerprint density at radius 3 is 2.42 bits per heavy atom. The van der Waals surface area contributed by atoms with E-state index in [9.17, 15) is 9.59 Å². The van der Waals surface area contributed by atoms with Gasteiger partial charge in [0.2, 0.25) is 11.8 Å². The molecule has 2 atom stereocenters. The fourth-order valence-electron chi connectivity index (χ4n) is 6.11. The summed E-state index contributed by atoms with van der Waals surface area (Å²) in [6.07, 6.45) is 3.17. The molecular weight excluding hydrogens is 490 g/mol. The van der Waals surface area contributed by atoms with E-state index in [1.165, 1.54) is 21.6 Å². The van der Waals surface area contributed by atoms with Gasteiger partial charge in [-0.3, -0.25) is 14.5 Å². The van der Waals surface area contributed by atoms with Crippen LogP contribution in [-0.2, 0) is 16.0 Å². The van der Waals surface area contributed by atoms with Gasteiger partial charge in [-0.15, -0.1) is 11.3 Å². The van der Waals surface area contributed by atoms with Crippen LogP contribution in [0.3, 0.4) is 0 Å². The summed E-state index contributed by atoms with van der Waals surface area (Å²) in [4.78, 5) is 34.7. The highest BCUT2D eigenvalue weighted by molar-refractivity contribution is 7.10. The molecule has 0 spiro atoms. The van der Waals surface area contributed by atoms with E-state index in [1.54, 1.807) is 0 Å². The van der Waals surface area contributed by atoms with Gasteiger partial charge < -0.3 is 9.80 Å². The highest BCUT2D eigenvalue weighted by atomic mass is 32.1. The third-order valence-electron chi connectivity index (χ3n) is 8.23. The average Bonchev–Trinajstić information content (AvgIpc) is 3.28. The molecule has 5 rings (SSSR count). The molecular formula is C32H39N3O2S. The van der Waals surface area contributed by atoms with Gasteiger partial charge >= 0.3 is 0 Å². The molecule has 6 heteroatoms. The number of hydrogen-bond acceptors (Lipinski definition) is 4. The molecule has 5 nitrogen and oxygen atoms in total. The molecule has 0 radical (unpaired) electrons. The number of fused-ring (bicyclic) bond motifs is 1. The van der Waals surface area contributed by atoms with Crippen molar-refractivity contribution in [1.29, 1.82) is 0 Å². The summed E-state index contributed by atoms with van der Waals surface area (Å²) in [7, 11) is 0. The molecule has 3 heterocycles. The van der Waals surface area contributed by atoms with Crippen molar-refractivity contribution in [3.63, 3.8) is 0 Å². The van der Waals surface area contributed by atoms with Gasteiger partial charge in [-0.25, -0.2) is 0 Å². The van der Waals surface area contributed by atoms with Crippen LogP contribution in [0.15, 0.2) is 66.0 Å². The van der Waals surface area contributed by atoms with Crippen LogP contribution < -0.4 is 0 Å². The number of hydrogen-bond donors (Lipinski definition) is 0. The number of benzene rings is 2. The Morgan fingerprint density at radius 2 is 1.63 bits per heavy atom. The SMILES string of the molecule is CC[C@H](C(=O)N1CCCN(C(=O)CCN2CCc3sccc3[C@H]2c2ccccc2C)CC1)c1ccccc1. The minimum Gasteiger partial charge on any atom is -0.341 e. The van der Waals surface area contributed by atoms with Crippen LogP contribution in [-0.4, -0.2) is 65.8 Å². The molecule has 1 saturated heterocycles. The first kappa shape index (κ1) is 26.6. The number of aryl methyl sites for hydroxylation is 1. The number of thiophene rings is 1. The summed E-state index contributed by atoms with van der Waals surface area (Å²) in [6.45, 7) is 8.65. The highest BCUT2D eigenvalue weighted by Gasteiger charge is 2.32. The van der Waals surface area contributed by atoms with Gasteiger partial charge in [0.15, 0.2) is 0 Å². The second-order valence-corrected chi connectivity index (χ2v) is 11.5. The summed E-state index contributed by atoms with van der Waals surface area (Å²) >= 11 is 1.85. The number of rotatable bonds is 7. The highest BCUT2D eigenvalue weighted by Crippen LogP contribution is 2.39. The Morgan fingerprint density at radius 1 is 0.895 bits per heavy atom. The second-order valence-electron chi connectivity index (χ2n) is 10.5. The molecule has 2 amide bonds. The summed E-state index contributed by atoms with van der Waals surface area (Å²) in [5, 5.41) is 2.20. The molecule has 2 aliphatic heterocycles. The quantitative estimate of drug-likeness (QED) is 0.397. The monoisotopic (exact) mass is 529 g/mol. The Kier molecular flexibility index (Phi) is 8.60. The number of amides is 2. The van der Waals surface area contributed by atoms with Crippen LogP contribution in [0.2, 0.25) is 0 Å². The van der Waals surface area contributed by atoms with Crippen LogP contribution in [0, 0.1) is 6.92 Å². The van der Waals surface area contributed by atoms with Gasteiger partial charge in [-0.1, -0.05) is 61.5 Å². The largest absolute Gasteiger partial charge is 0.341 e. The van der Waals surface area contributed by atoms with E-state index in [1.807, 2.05) is 51.5 Å². The van der Waals surface area contributed by atoms with Crippen molar-refractivity contribution in [3.05, 3.63) is 93.2 Å². The molecule has 38 heavy (non-hydrogen) atoms. The van der Waals surface area contributed by atoms with Crippen molar-refractivity contribution >= 4 is 23.2 Å². The number of carbonyl (C=O) groups excluding carboxylic acids is 2. The summed E-state index contributed by atoms with van der Waals surface area (Å²) in [6, 6.07) is 21.2. The predicted octanol–water partition coefficient (Wildman–Crippen LogP) is 5.65. The average molecular weight is 530 g/mol. The third kappa shape index (κ3) is 5.71. The van der Waals surface area contributed by atoms with E-state index < -0.39 is 0 Å². The van der Waals surface area contributed by atoms with E-state index in [0.717, 1.165) is 44.5 Å². The van der Waals surface area contributed by atoms with Gasteiger partial charge in [0.1, 0.15) is 0 Å². The van der Waals surface area contributed by atoms with E-state index in [0.29, 0.717) is 26.1 Å². The maximum absolute atomic E-state index is 13.4. The first-order chi connectivity index (χ1) is 18.6. The Bertz CT molecular complexity index is 1240. The van der Waals surface area contributed by atoms with Crippen LogP contribution in [0.5, 0.6) is 0 Å². The van der Waals surface area contributed by atoms with Gasteiger partial charge in [0.25, 0.3) is 0 Å². The molecule has 3 aromatic rings. The molecule has 0 saturated carbocycles. The maximum atomic E-state index is 13.4. The second kappa shape index (κ2) is 12.3. The summed E-state index contributed by atoms with van der Waals surface area (Å²) in [5.74, 6) is 0.279. The van der Waals surface area contributed by atoms with E-state index in [2.05, 4.69) is 54.5 Å².